The Morgan fingerprint density at radius 3 is 2.05 bits per heavy atom. The molecule has 0 saturated heterocycles. The predicted octanol–water partition coefficient (Wildman–Crippen LogP) is 6.53. The number of carbonyl (C=O) groups excluding carboxylic acids is 2. The summed E-state index contributed by atoms with van der Waals surface area (Å²) in [4.78, 5) is 29.0. The van der Waals surface area contributed by atoms with Gasteiger partial charge in [-0.2, -0.15) is 0 Å². The van der Waals surface area contributed by atoms with Crippen molar-refractivity contribution < 1.29 is 18.0 Å². The maximum absolute atomic E-state index is 14.2. The van der Waals surface area contributed by atoms with Gasteiger partial charge in [-0.3, -0.25) is 13.9 Å². The molecule has 2 atom stereocenters. The van der Waals surface area contributed by atoms with Gasteiger partial charge in [0, 0.05) is 22.6 Å². The molecule has 41 heavy (non-hydrogen) atoms. The van der Waals surface area contributed by atoms with E-state index in [9.17, 15) is 18.0 Å². The van der Waals surface area contributed by atoms with Gasteiger partial charge in [-0.05, 0) is 87.2 Å². The first kappa shape index (κ1) is 32.4. The smallest absolute Gasteiger partial charge is 0.264 e. The Bertz CT molecular complexity index is 1460. The van der Waals surface area contributed by atoms with Crippen LogP contribution in [-0.4, -0.2) is 43.8 Å². The Hall–Kier alpha value is -3.07. The number of carbonyl (C=O) groups is 2. The molecule has 0 aliphatic heterocycles. The van der Waals surface area contributed by atoms with Crippen molar-refractivity contribution in [1.82, 2.24) is 10.2 Å². The molecule has 7 nitrogen and oxygen atoms in total. The van der Waals surface area contributed by atoms with Crippen molar-refractivity contribution in [1.29, 1.82) is 0 Å². The minimum absolute atomic E-state index is 0.0519. The van der Waals surface area contributed by atoms with Gasteiger partial charge in [-0.1, -0.05) is 66.9 Å². The standard InChI is InChI=1S/C31H37Cl2N3O4S/c1-6-23(5)34-31(38)28(7-2)35(19-24-10-12-25(32)13-11-24)30(37)20-36(29-17-14-26(33)18-22(29)4)41(39,40)27-15-8-21(3)9-16-27/h8-18,23,28H,6-7,19-20H2,1-5H3,(H,34,38)/t23-,28-/m1/s1. The van der Waals surface area contributed by atoms with Gasteiger partial charge in [0.1, 0.15) is 12.6 Å². The normalized spacial score (nSPS) is 12.9. The average molecular weight is 619 g/mol. The molecular formula is C31H37Cl2N3O4S. The van der Waals surface area contributed by atoms with E-state index < -0.39 is 28.5 Å². The summed E-state index contributed by atoms with van der Waals surface area (Å²) < 4.78 is 29.1. The van der Waals surface area contributed by atoms with Gasteiger partial charge < -0.3 is 10.2 Å². The summed E-state index contributed by atoms with van der Waals surface area (Å²) in [7, 11) is -4.16. The van der Waals surface area contributed by atoms with Gasteiger partial charge >= 0.3 is 0 Å². The van der Waals surface area contributed by atoms with Gasteiger partial charge in [0.2, 0.25) is 11.8 Å². The first-order valence-electron chi connectivity index (χ1n) is 13.6. The molecule has 0 radical (unpaired) electrons. The van der Waals surface area contributed by atoms with E-state index in [0.717, 1.165) is 21.9 Å². The molecule has 0 fully saturated rings. The number of halogens is 2. The van der Waals surface area contributed by atoms with Crippen molar-refractivity contribution in [2.24, 2.45) is 0 Å². The minimum Gasteiger partial charge on any atom is -0.352 e. The highest BCUT2D eigenvalue weighted by molar-refractivity contribution is 7.92. The fraction of sp³-hybridized carbons (Fsp3) is 0.355. The fourth-order valence-corrected chi connectivity index (χ4v) is 6.23. The largest absolute Gasteiger partial charge is 0.352 e. The average Bonchev–Trinajstić information content (AvgIpc) is 2.93. The first-order valence-corrected chi connectivity index (χ1v) is 15.8. The molecular weight excluding hydrogens is 581 g/mol. The number of aryl methyl sites for hydroxylation is 2. The molecule has 1 N–H and O–H groups in total. The highest BCUT2D eigenvalue weighted by Gasteiger charge is 2.34. The van der Waals surface area contributed by atoms with Gasteiger partial charge in [0.05, 0.1) is 10.6 Å². The summed E-state index contributed by atoms with van der Waals surface area (Å²) in [5, 5.41) is 3.96. The van der Waals surface area contributed by atoms with Crippen LogP contribution in [0.1, 0.15) is 50.3 Å². The summed E-state index contributed by atoms with van der Waals surface area (Å²) in [6, 6.07) is 17.4. The second kappa shape index (κ2) is 14.2. The third-order valence-corrected chi connectivity index (χ3v) is 9.23. The molecule has 0 heterocycles. The Balaban J connectivity index is 2.09. The quantitative estimate of drug-likeness (QED) is 0.250. The Kier molecular flexibility index (Phi) is 11.2. The maximum Gasteiger partial charge on any atom is 0.264 e. The lowest BCUT2D eigenvalue weighted by Crippen LogP contribution is -2.53. The molecule has 0 spiro atoms. The number of hydrogen-bond donors (Lipinski definition) is 1. The van der Waals surface area contributed by atoms with Gasteiger partial charge in [0.25, 0.3) is 10.0 Å². The van der Waals surface area contributed by atoms with Gasteiger partial charge in [-0.15, -0.1) is 0 Å². The fourth-order valence-electron chi connectivity index (χ4n) is 4.40. The number of nitrogens with one attached hydrogen (secondary N) is 1. The lowest BCUT2D eigenvalue weighted by atomic mass is 10.1. The van der Waals surface area contributed by atoms with Crippen LogP contribution in [0, 0.1) is 13.8 Å². The predicted molar refractivity (Wildman–Crippen MR) is 166 cm³/mol. The van der Waals surface area contributed by atoms with E-state index >= 15 is 0 Å². The topological polar surface area (TPSA) is 86.8 Å². The number of amides is 2. The van der Waals surface area contributed by atoms with Crippen molar-refractivity contribution >= 4 is 50.7 Å². The van der Waals surface area contributed by atoms with Crippen LogP contribution in [0.25, 0.3) is 0 Å². The lowest BCUT2D eigenvalue weighted by molar-refractivity contribution is -0.140. The third kappa shape index (κ3) is 8.24. The number of hydrogen-bond acceptors (Lipinski definition) is 4. The van der Waals surface area contributed by atoms with E-state index in [0.29, 0.717) is 27.7 Å². The summed E-state index contributed by atoms with van der Waals surface area (Å²) >= 11 is 12.3. The van der Waals surface area contributed by atoms with Gasteiger partial charge in [0.15, 0.2) is 0 Å². The molecule has 0 aromatic heterocycles. The Morgan fingerprint density at radius 1 is 0.878 bits per heavy atom. The van der Waals surface area contributed by atoms with Crippen LogP contribution in [0.2, 0.25) is 10.0 Å². The van der Waals surface area contributed by atoms with Crippen LogP contribution < -0.4 is 9.62 Å². The first-order chi connectivity index (χ1) is 19.4. The van der Waals surface area contributed by atoms with E-state index in [2.05, 4.69) is 5.32 Å². The SMILES string of the molecule is CC[C@@H](C)NC(=O)[C@@H](CC)N(Cc1ccc(Cl)cc1)C(=O)CN(c1ccc(Cl)cc1C)S(=O)(=O)c1ccc(C)cc1. The molecule has 0 saturated carbocycles. The van der Waals surface area contributed by atoms with Crippen LogP contribution >= 0.6 is 23.2 Å². The van der Waals surface area contributed by atoms with Gasteiger partial charge in [-0.25, -0.2) is 8.42 Å². The molecule has 0 bridgehead atoms. The number of benzene rings is 3. The zero-order valence-corrected chi connectivity index (χ0v) is 26.4. The Morgan fingerprint density at radius 2 is 1.49 bits per heavy atom. The van der Waals surface area contributed by atoms with E-state index in [1.807, 2.05) is 27.7 Å². The number of rotatable bonds is 12. The molecule has 3 aromatic carbocycles. The molecule has 0 unspecified atom stereocenters. The highest BCUT2D eigenvalue weighted by Crippen LogP contribution is 2.30. The molecule has 0 aliphatic carbocycles. The van der Waals surface area contributed by atoms with Crippen LogP contribution in [0.4, 0.5) is 5.69 Å². The molecule has 0 aliphatic rings. The summed E-state index contributed by atoms with van der Waals surface area (Å²) in [5.74, 6) is -0.809. The van der Waals surface area contributed by atoms with Crippen molar-refractivity contribution in [3.05, 3.63) is 93.5 Å². The van der Waals surface area contributed by atoms with Crippen molar-refractivity contribution in [3.63, 3.8) is 0 Å². The van der Waals surface area contributed by atoms with Crippen molar-refractivity contribution in [3.8, 4) is 0 Å². The van der Waals surface area contributed by atoms with E-state index in [1.165, 1.54) is 17.0 Å². The lowest BCUT2D eigenvalue weighted by Gasteiger charge is -2.34. The monoisotopic (exact) mass is 617 g/mol. The second-order valence-electron chi connectivity index (χ2n) is 10.1. The minimum atomic E-state index is -4.16. The van der Waals surface area contributed by atoms with E-state index in [1.54, 1.807) is 61.5 Å². The number of nitrogens with zero attached hydrogens (tertiary/aromatic N) is 2. The van der Waals surface area contributed by atoms with Crippen LogP contribution in [0.3, 0.4) is 0 Å². The third-order valence-electron chi connectivity index (χ3n) is 6.97. The molecule has 3 aromatic rings. The molecule has 2 amide bonds. The van der Waals surface area contributed by atoms with E-state index in [-0.39, 0.29) is 23.4 Å². The summed E-state index contributed by atoms with van der Waals surface area (Å²) in [6.07, 6.45) is 1.07. The molecule has 10 heteroatoms. The summed E-state index contributed by atoms with van der Waals surface area (Å²) in [5.41, 5.74) is 2.58. The van der Waals surface area contributed by atoms with Crippen LogP contribution in [0.5, 0.6) is 0 Å². The Labute approximate surface area is 253 Å². The maximum atomic E-state index is 14.2. The summed E-state index contributed by atoms with van der Waals surface area (Å²) in [6.45, 7) is 8.88. The molecule has 220 valence electrons. The van der Waals surface area contributed by atoms with E-state index in [4.69, 9.17) is 23.2 Å². The zero-order chi connectivity index (χ0) is 30.3. The van der Waals surface area contributed by atoms with Crippen molar-refractivity contribution in [2.75, 3.05) is 10.8 Å². The highest BCUT2D eigenvalue weighted by atomic mass is 35.5. The van der Waals surface area contributed by atoms with Crippen LogP contribution in [0.15, 0.2) is 71.6 Å². The number of sulfonamides is 1. The second-order valence-corrected chi connectivity index (χ2v) is 12.9. The van der Waals surface area contributed by atoms with Crippen molar-refractivity contribution in [2.45, 2.75) is 71.0 Å². The zero-order valence-electron chi connectivity index (χ0n) is 24.0. The van der Waals surface area contributed by atoms with Crippen LogP contribution in [-0.2, 0) is 26.2 Å². The number of anilines is 1. The molecule has 3 rings (SSSR count).